The summed E-state index contributed by atoms with van der Waals surface area (Å²) in [5.74, 6) is -0.179. The van der Waals surface area contributed by atoms with Crippen LogP contribution in [0.1, 0.15) is 44.9 Å². The number of hydrogen-bond donors (Lipinski definition) is 1. The van der Waals surface area contributed by atoms with Crippen LogP contribution in [0.4, 0.5) is 0 Å². The minimum absolute atomic E-state index is 0.179. The lowest BCUT2D eigenvalue weighted by Gasteiger charge is -2.21. The van der Waals surface area contributed by atoms with E-state index in [9.17, 15) is 9.90 Å². The van der Waals surface area contributed by atoms with E-state index in [0.717, 1.165) is 38.5 Å². The van der Waals surface area contributed by atoms with Crippen LogP contribution in [-0.4, -0.2) is 23.8 Å². The van der Waals surface area contributed by atoms with Crippen LogP contribution in [-0.2, 0) is 9.53 Å². The summed E-state index contributed by atoms with van der Waals surface area (Å²) in [5, 5.41) is 9.92. The van der Waals surface area contributed by atoms with Crippen molar-refractivity contribution in [2.75, 3.05) is 7.11 Å². The van der Waals surface area contributed by atoms with Gasteiger partial charge in [0.2, 0.25) is 0 Å². The highest BCUT2D eigenvalue weighted by molar-refractivity contribution is 5.68. The van der Waals surface area contributed by atoms with Gasteiger partial charge in [-0.1, -0.05) is 12.8 Å². The summed E-state index contributed by atoms with van der Waals surface area (Å²) in [6, 6.07) is 0. The van der Waals surface area contributed by atoms with Gasteiger partial charge in [-0.25, -0.2) is 0 Å². The van der Waals surface area contributed by atoms with Gasteiger partial charge in [0, 0.05) is 6.42 Å². The molecule has 0 aromatic heterocycles. The average molecular weight is 186 g/mol. The van der Waals surface area contributed by atoms with Crippen LogP contribution < -0.4 is 0 Å². The van der Waals surface area contributed by atoms with E-state index >= 15 is 0 Å². The molecular weight excluding hydrogens is 168 g/mol. The normalized spacial score (nSPS) is 20.2. The van der Waals surface area contributed by atoms with Crippen molar-refractivity contribution in [2.24, 2.45) is 0 Å². The lowest BCUT2D eigenvalue weighted by atomic mass is 9.95. The third-order valence-electron chi connectivity index (χ3n) is 2.78. The number of ether oxygens (including phenoxy) is 1. The van der Waals surface area contributed by atoms with Crippen LogP contribution in [0.3, 0.4) is 0 Å². The molecule has 0 amide bonds. The molecule has 0 aromatic carbocycles. The molecule has 3 nitrogen and oxygen atoms in total. The fourth-order valence-electron chi connectivity index (χ4n) is 1.95. The lowest BCUT2D eigenvalue weighted by Crippen LogP contribution is -2.23. The molecule has 1 fully saturated rings. The lowest BCUT2D eigenvalue weighted by molar-refractivity contribution is -0.140. The van der Waals surface area contributed by atoms with Crippen molar-refractivity contribution < 1.29 is 14.6 Å². The minimum atomic E-state index is -0.478. The molecule has 1 rings (SSSR count). The second kappa shape index (κ2) is 4.61. The van der Waals surface area contributed by atoms with Gasteiger partial charge in [0.1, 0.15) is 0 Å². The van der Waals surface area contributed by atoms with Gasteiger partial charge in [-0.3, -0.25) is 4.79 Å². The highest BCUT2D eigenvalue weighted by Crippen LogP contribution is 2.33. The zero-order chi connectivity index (χ0) is 9.73. The molecule has 0 aliphatic heterocycles. The molecule has 0 bridgehead atoms. The van der Waals surface area contributed by atoms with Crippen LogP contribution in [0.2, 0.25) is 0 Å². The third kappa shape index (κ3) is 3.35. The van der Waals surface area contributed by atoms with Crippen molar-refractivity contribution in [3.8, 4) is 0 Å². The van der Waals surface area contributed by atoms with Crippen LogP contribution >= 0.6 is 0 Å². The Morgan fingerprint density at radius 2 is 2.08 bits per heavy atom. The zero-order valence-corrected chi connectivity index (χ0v) is 8.21. The molecule has 0 aromatic rings. The maximum Gasteiger partial charge on any atom is 0.305 e. The molecule has 1 aliphatic carbocycles. The molecule has 1 N–H and O–H groups in total. The molecule has 0 spiro atoms. The highest BCUT2D eigenvalue weighted by atomic mass is 16.5. The Kier molecular flexibility index (Phi) is 3.72. The van der Waals surface area contributed by atoms with E-state index in [-0.39, 0.29) is 5.97 Å². The summed E-state index contributed by atoms with van der Waals surface area (Å²) in [7, 11) is 1.40. The van der Waals surface area contributed by atoms with E-state index in [1.807, 2.05) is 0 Å². The number of hydrogen-bond acceptors (Lipinski definition) is 3. The van der Waals surface area contributed by atoms with E-state index in [1.54, 1.807) is 0 Å². The van der Waals surface area contributed by atoms with Crippen molar-refractivity contribution in [3.63, 3.8) is 0 Å². The topological polar surface area (TPSA) is 46.5 Å². The SMILES string of the molecule is COC(=O)CCCC1(O)CCCC1. The van der Waals surface area contributed by atoms with Crippen molar-refractivity contribution in [2.45, 2.75) is 50.5 Å². The predicted molar refractivity (Wildman–Crippen MR) is 49.3 cm³/mol. The zero-order valence-electron chi connectivity index (χ0n) is 8.21. The molecule has 3 heteroatoms. The Hall–Kier alpha value is -0.570. The Morgan fingerprint density at radius 1 is 1.46 bits per heavy atom. The molecule has 0 atom stereocenters. The van der Waals surface area contributed by atoms with Gasteiger partial charge in [-0.05, 0) is 25.7 Å². The van der Waals surface area contributed by atoms with Gasteiger partial charge < -0.3 is 9.84 Å². The number of carbonyl (C=O) groups excluding carboxylic acids is 1. The Morgan fingerprint density at radius 3 is 2.62 bits per heavy atom. The molecule has 13 heavy (non-hydrogen) atoms. The second-order valence-electron chi connectivity index (χ2n) is 3.86. The molecule has 0 heterocycles. The van der Waals surface area contributed by atoms with Gasteiger partial charge in [0.15, 0.2) is 0 Å². The first-order valence-corrected chi connectivity index (χ1v) is 4.95. The van der Waals surface area contributed by atoms with Crippen molar-refractivity contribution >= 4 is 5.97 Å². The van der Waals surface area contributed by atoms with Crippen LogP contribution in [0.25, 0.3) is 0 Å². The van der Waals surface area contributed by atoms with Crippen LogP contribution in [0.15, 0.2) is 0 Å². The molecule has 1 aliphatic rings. The summed E-state index contributed by atoms with van der Waals surface area (Å²) in [6.45, 7) is 0. The Balaban J connectivity index is 2.14. The Bertz CT molecular complexity index is 171. The monoisotopic (exact) mass is 186 g/mol. The number of aliphatic hydroxyl groups is 1. The molecule has 76 valence electrons. The largest absolute Gasteiger partial charge is 0.469 e. The standard InChI is InChI=1S/C10H18O3/c1-13-9(11)5-4-8-10(12)6-2-3-7-10/h12H,2-8H2,1H3. The summed E-state index contributed by atoms with van der Waals surface area (Å²) in [6.07, 6.45) is 5.94. The fraction of sp³-hybridized carbons (Fsp3) is 0.900. The van der Waals surface area contributed by atoms with E-state index in [2.05, 4.69) is 4.74 Å². The average Bonchev–Trinajstić information content (AvgIpc) is 2.52. The maximum atomic E-state index is 10.8. The minimum Gasteiger partial charge on any atom is -0.469 e. The number of methoxy groups -OCH3 is 1. The van der Waals surface area contributed by atoms with Gasteiger partial charge in [0.25, 0.3) is 0 Å². The van der Waals surface area contributed by atoms with E-state index in [0.29, 0.717) is 6.42 Å². The van der Waals surface area contributed by atoms with Crippen LogP contribution in [0, 0.1) is 0 Å². The van der Waals surface area contributed by atoms with E-state index < -0.39 is 5.60 Å². The summed E-state index contributed by atoms with van der Waals surface area (Å²) < 4.78 is 4.53. The molecule has 0 radical (unpaired) electrons. The summed E-state index contributed by atoms with van der Waals surface area (Å²) in [4.78, 5) is 10.8. The van der Waals surface area contributed by atoms with Crippen molar-refractivity contribution in [1.82, 2.24) is 0 Å². The predicted octanol–water partition coefficient (Wildman–Crippen LogP) is 1.63. The first kappa shape index (κ1) is 10.5. The molecule has 0 unspecified atom stereocenters. The van der Waals surface area contributed by atoms with Gasteiger partial charge in [-0.15, -0.1) is 0 Å². The van der Waals surface area contributed by atoms with E-state index in [1.165, 1.54) is 7.11 Å². The van der Waals surface area contributed by atoms with Crippen LogP contribution in [0.5, 0.6) is 0 Å². The number of carbonyl (C=O) groups is 1. The molecular formula is C10H18O3. The van der Waals surface area contributed by atoms with Crippen molar-refractivity contribution in [1.29, 1.82) is 0 Å². The summed E-state index contributed by atoms with van der Waals surface area (Å²) in [5.41, 5.74) is -0.478. The molecule has 1 saturated carbocycles. The highest BCUT2D eigenvalue weighted by Gasteiger charge is 2.30. The number of rotatable bonds is 4. The fourth-order valence-corrected chi connectivity index (χ4v) is 1.95. The first-order valence-electron chi connectivity index (χ1n) is 4.95. The first-order chi connectivity index (χ1) is 6.16. The molecule has 0 saturated heterocycles. The summed E-state index contributed by atoms with van der Waals surface area (Å²) >= 11 is 0. The van der Waals surface area contributed by atoms with Crippen molar-refractivity contribution in [3.05, 3.63) is 0 Å². The van der Waals surface area contributed by atoms with Gasteiger partial charge in [-0.2, -0.15) is 0 Å². The quantitative estimate of drug-likeness (QED) is 0.679. The van der Waals surface area contributed by atoms with Gasteiger partial charge in [0.05, 0.1) is 12.7 Å². The number of esters is 1. The smallest absolute Gasteiger partial charge is 0.305 e. The van der Waals surface area contributed by atoms with E-state index in [4.69, 9.17) is 0 Å². The van der Waals surface area contributed by atoms with Gasteiger partial charge >= 0.3 is 5.97 Å². The third-order valence-corrected chi connectivity index (χ3v) is 2.78. The maximum absolute atomic E-state index is 10.8. The second-order valence-corrected chi connectivity index (χ2v) is 3.86. The Labute approximate surface area is 79.1 Å².